The van der Waals surface area contributed by atoms with E-state index in [0.717, 1.165) is 6.42 Å². The van der Waals surface area contributed by atoms with Gasteiger partial charge in [-0.1, -0.05) is 19.1 Å². The topological polar surface area (TPSA) is 85.3 Å². The fourth-order valence-electron chi connectivity index (χ4n) is 3.86. The first kappa shape index (κ1) is 24.3. The highest BCUT2D eigenvalue weighted by Gasteiger charge is 2.45. The minimum absolute atomic E-state index is 0.0641. The first-order valence-electron chi connectivity index (χ1n) is 11.2. The van der Waals surface area contributed by atoms with Crippen LogP contribution in [0.15, 0.2) is 54.1 Å². The summed E-state index contributed by atoms with van der Waals surface area (Å²) in [6.07, 6.45) is 1.42. The molecule has 1 N–H and O–H groups in total. The first-order chi connectivity index (χ1) is 16.0. The molecule has 0 radical (unpaired) electrons. The van der Waals surface area contributed by atoms with E-state index < -0.39 is 17.7 Å². The predicted octanol–water partition coefficient (Wildman–Crippen LogP) is 4.33. The van der Waals surface area contributed by atoms with Gasteiger partial charge in [-0.25, -0.2) is 0 Å². The fraction of sp³-hybridized carbons (Fsp3) is 0.385. The Morgan fingerprint density at radius 1 is 1.00 bits per heavy atom. The molecule has 0 aromatic heterocycles. The highest BCUT2D eigenvalue weighted by Crippen LogP contribution is 2.40. The molecule has 1 amide bonds. The van der Waals surface area contributed by atoms with Crippen molar-refractivity contribution in [3.05, 3.63) is 65.2 Å². The van der Waals surface area contributed by atoms with Crippen LogP contribution >= 0.6 is 0 Å². The maximum absolute atomic E-state index is 13.1. The van der Waals surface area contributed by atoms with Crippen molar-refractivity contribution in [1.82, 2.24) is 4.90 Å². The zero-order chi connectivity index (χ0) is 23.8. The average molecular weight is 454 g/mol. The molecule has 0 bridgehead atoms. The van der Waals surface area contributed by atoms with E-state index in [4.69, 9.17) is 14.2 Å². The van der Waals surface area contributed by atoms with Gasteiger partial charge in [0.2, 0.25) is 0 Å². The number of amides is 1. The highest BCUT2D eigenvalue weighted by molar-refractivity contribution is 6.46. The summed E-state index contributed by atoms with van der Waals surface area (Å²) >= 11 is 0. The van der Waals surface area contributed by atoms with Crippen LogP contribution in [0.1, 0.15) is 43.9 Å². The van der Waals surface area contributed by atoms with Crippen molar-refractivity contribution >= 4 is 17.4 Å². The summed E-state index contributed by atoms with van der Waals surface area (Å²) in [6.45, 7) is 5.76. The Labute approximate surface area is 194 Å². The molecule has 1 aliphatic rings. The van der Waals surface area contributed by atoms with Crippen molar-refractivity contribution in [3.63, 3.8) is 0 Å². The molecule has 1 aliphatic heterocycles. The zero-order valence-electron chi connectivity index (χ0n) is 19.4. The molecule has 33 heavy (non-hydrogen) atoms. The molecule has 1 fully saturated rings. The number of hydrogen-bond acceptors (Lipinski definition) is 6. The molecule has 3 rings (SSSR count). The van der Waals surface area contributed by atoms with Crippen molar-refractivity contribution in [2.45, 2.75) is 32.7 Å². The molecular weight excluding hydrogens is 422 g/mol. The molecule has 2 aromatic carbocycles. The number of rotatable bonds is 11. The summed E-state index contributed by atoms with van der Waals surface area (Å²) in [4.78, 5) is 27.5. The van der Waals surface area contributed by atoms with Gasteiger partial charge in [-0.2, -0.15) is 0 Å². The van der Waals surface area contributed by atoms with Gasteiger partial charge in [-0.3, -0.25) is 9.59 Å². The number of Topliss-reactive ketones (excluding diaryl/α,β-unsaturated/α-hetero) is 1. The number of aliphatic hydroxyl groups excluding tert-OH is 1. The lowest BCUT2D eigenvalue weighted by Crippen LogP contribution is -2.31. The van der Waals surface area contributed by atoms with Crippen molar-refractivity contribution in [2.75, 3.05) is 33.5 Å². The van der Waals surface area contributed by atoms with Gasteiger partial charge in [-0.05, 0) is 61.7 Å². The van der Waals surface area contributed by atoms with Crippen LogP contribution in [-0.2, 0) is 14.3 Å². The van der Waals surface area contributed by atoms with Crippen LogP contribution in [0.4, 0.5) is 0 Å². The number of benzene rings is 2. The maximum atomic E-state index is 13.1. The number of hydrogen-bond donors (Lipinski definition) is 1. The van der Waals surface area contributed by atoms with Crippen LogP contribution in [0, 0.1) is 0 Å². The molecule has 1 saturated heterocycles. The van der Waals surface area contributed by atoms with Gasteiger partial charge >= 0.3 is 0 Å². The highest BCUT2D eigenvalue weighted by atomic mass is 16.5. The smallest absolute Gasteiger partial charge is 0.295 e. The summed E-state index contributed by atoms with van der Waals surface area (Å²) in [6, 6.07) is 13.4. The van der Waals surface area contributed by atoms with E-state index in [1.165, 1.54) is 4.90 Å². The van der Waals surface area contributed by atoms with E-state index in [-0.39, 0.29) is 11.3 Å². The summed E-state index contributed by atoms with van der Waals surface area (Å²) in [7, 11) is 1.59. The molecule has 0 spiro atoms. The van der Waals surface area contributed by atoms with E-state index in [2.05, 4.69) is 0 Å². The number of methoxy groups -OCH3 is 1. The largest absolute Gasteiger partial charge is 0.507 e. The Morgan fingerprint density at radius 3 is 2.42 bits per heavy atom. The summed E-state index contributed by atoms with van der Waals surface area (Å²) < 4.78 is 16.3. The Kier molecular flexibility index (Phi) is 8.49. The van der Waals surface area contributed by atoms with Crippen LogP contribution in [0.25, 0.3) is 5.76 Å². The predicted molar refractivity (Wildman–Crippen MR) is 125 cm³/mol. The number of carbonyl (C=O) groups is 2. The summed E-state index contributed by atoms with van der Waals surface area (Å²) in [5.74, 6) is -0.244. The zero-order valence-corrected chi connectivity index (χ0v) is 19.4. The van der Waals surface area contributed by atoms with Crippen LogP contribution < -0.4 is 9.47 Å². The van der Waals surface area contributed by atoms with Gasteiger partial charge in [-0.15, -0.1) is 0 Å². The average Bonchev–Trinajstić information content (AvgIpc) is 3.08. The van der Waals surface area contributed by atoms with Crippen molar-refractivity contribution in [1.29, 1.82) is 0 Å². The van der Waals surface area contributed by atoms with Gasteiger partial charge in [0.25, 0.3) is 11.7 Å². The lowest BCUT2D eigenvalue weighted by atomic mass is 9.95. The second kappa shape index (κ2) is 11.5. The standard InChI is InChI=1S/C26H31NO6/c1-4-15-33-21-9-6-8-19(17-21)23-22(25(29)26(30)27(23)14-7-16-31-3)24(28)18-10-12-20(13-11-18)32-5-2/h6,8-13,17,23,28H,4-5,7,14-16H2,1-3H3. The van der Waals surface area contributed by atoms with E-state index in [1.807, 2.05) is 38.1 Å². The van der Waals surface area contributed by atoms with E-state index in [0.29, 0.717) is 55.4 Å². The van der Waals surface area contributed by atoms with Crippen molar-refractivity contribution in [3.8, 4) is 11.5 Å². The van der Waals surface area contributed by atoms with E-state index in [9.17, 15) is 14.7 Å². The molecule has 7 heteroatoms. The molecule has 1 atom stereocenters. The lowest BCUT2D eigenvalue weighted by Gasteiger charge is -2.25. The van der Waals surface area contributed by atoms with Crippen molar-refractivity contribution in [2.24, 2.45) is 0 Å². The number of aliphatic hydroxyl groups is 1. The van der Waals surface area contributed by atoms with Gasteiger partial charge in [0.15, 0.2) is 0 Å². The second-order valence-electron chi connectivity index (χ2n) is 7.72. The minimum atomic E-state index is -0.724. The molecule has 7 nitrogen and oxygen atoms in total. The number of ketones is 1. The Morgan fingerprint density at radius 2 is 1.76 bits per heavy atom. The maximum Gasteiger partial charge on any atom is 0.295 e. The molecule has 0 aliphatic carbocycles. The third-order valence-corrected chi connectivity index (χ3v) is 5.37. The third-order valence-electron chi connectivity index (χ3n) is 5.37. The Balaban J connectivity index is 2.06. The number of nitrogens with zero attached hydrogens (tertiary/aromatic N) is 1. The number of carbonyl (C=O) groups excluding carboxylic acids is 2. The Bertz CT molecular complexity index is 998. The summed E-state index contributed by atoms with van der Waals surface area (Å²) in [5.41, 5.74) is 1.21. The molecule has 0 saturated carbocycles. The first-order valence-corrected chi connectivity index (χ1v) is 11.2. The van der Waals surface area contributed by atoms with Gasteiger partial charge in [0.1, 0.15) is 17.3 Å². The minimum Gasteiger partial charge on any atom is -0.507 e. The van der Waals surface area contributed by atoms with Crippen LogP contribution in [-0.4, -0.2) is 55.2 Å². The van der Waals surface area contributed by atoms with Crippen LogP contribution in [0.3, 0.4) is 0 Å². The van der Waals surface area contributed by atoms with Gasteiger partial charge in [0, 0.05) is 25.8 Å². The molecule has 1 heterocycles. The Hall–Kier alpha value is -3.32. The SMILES string of the molecule is CCCOc1cccc(C2C(=C(O)c3ccc(OCC)cc3)C(=O)C(=O)N2CCCOC)c1. The lowest BCUT2D eigenvalue weighted by molar-refractivity contribution is -0.140. The van der Waals surface area contributed by atoms with Crippen LogP contribution in [0.2, 0.25) is 0 Å². The molecular formula is C26H31NO6. The van der Waals surface area contributed by atoms with E-state index in [1.54, 1.807) is 31.4 Å². The molecule has 176 valence electrons. The number of likely N-dealkylation sites (tertiary alicyclic amines) is 1. The van der Waals surface area contributed by atoms with E-state index >= 15 is 0 Å². The quantitative estimate of drug-likeness (QED) is 0.236. The molecule has 2 aromatic rings. The van der Waals surface area contributed by atoms with Crippen molar-refractivity contribution < 1.29 is 28.9 Å². The third kappa shape index (κ3) is 5.54. The van der Waals surface area contributed by atoms with Gasteiger partial charge in [0.05, 0.1) is 24.8 Å². The monoisotopic (exact) mass is 453 g/mol. The fourth-order valence-corrected chi connectivity index (χ4v) is 3.86. The number of ether oxygens (including phenoxy) is 3. The second-order valence-corrected chi connectivity index (χ2v) is 7.72. The molecule has 1 unspecified atom stereocenters. The normalized spacial score (nSPS) is 17.4. The summed E-state index contributed by atoms with van der Waals surface area (Å²) in [5, 5.41) is 11.1. The van der Waals surface area contributed by atoms with Crippen LogP contribution in [0.5, 0.6) is 11.5 Å². The van der Waals surface area contributed by atoms with Gasteiger partial charge < -0.3 is 24.2 Å².